The molecular weight excluding hydrogens is 405 g/mol. The van der Waals surface area contributed by atoms with E-state index < -0.39 is 6.10 Å². The number of anilines is 1. The number of nitrogens with zero attached hydrogens (tertiary/aromatic N) is 1. The summed E-state index contributed by atoms with van der Waals surface area (Å²) < 4.78 is 5.58. The van der Waals surface area contributed by atoms with Gasteiger partial charge in [0.2, 0.25) is 0 Å². The van der Waals surface area contributed by atoms with Crippen LogP contribution >= 0.6 is 46.9 Å². The molecule has 2 aromatic rings. The molecule has 1 aliphatic heterocycles. The summed E-state index contributed by atoms with van der Waals surface area (Å²) in [7, 11) is 0. The van der Waals surface area contributed by atoms with E-state index in [-0.39, 0.29) is 24.4 Å². The summed E-state index contributed by atoms with van der Waals surface area (Å²) in [6.45, 7) is 0.436. The largest absolute Gasteiger partial charge is 0.364 e. The normalized spacial score (nSPS) is 19.5. The van der Waals surface area contributed by atoms with Gasteiger partial charge in [-0.15, -0.1) is 23.7 Å². The van der Waals surface area contributed by atoms with Crippen molar-refractivity contribution in [1.82, 2.24) is 4.98 Å². The summed E-state index contributed by atoms with van der Waals surface area (Å²) in [6.07, 6.45) is 3.36. The molecule has 136 valence electrons. The highest BCUT2D eigenvalue weighted by Crippen LogP contribution is 2.30. The van der Waals surface area contributed by atoms with Gasteiger partial charge in [0.15, 0.2) is 5.13 Å². The van der Waals surface area contributed by atoms with Crippen LogP contribution in [0.5, 0.6) is 0 Å². The third-order valence-electron chi connectivity index (χ3n) is 3.84. The van der Waals surface area contributed by atoms with Gasteiger partial charge in [0, 0.05) is 24.0 Å². The standard InChI is InChI=1S/C16H17Cl2N3O2S.ClH/c17-12-3-1-2-9(14(12)18)6-11-8-20-16(24-11)21-15(22)13-5-4-10(7-19)23-13;/h1-3,8,10,13H,4-7,19H2,(H,20,21,22);1H/t10-,13+;/m1./s1. The second kappa shape index (κ2) is 9.16. The molecule has 2 atom stereocenters. The quantitative estimate of drug-likeness (QED) is 0.766. The number of carbonyl (C=O) groups excluding carboxylic acids is 1. The molecule has 0 bridgehead atoms. The number of hydrogen-bond acceptors (Lipinski definition) is 5. The van der Waals surface area contributed by atoms with Crippen LogP contribution in [-0.4, -0.2) is 29.6 Å². The lowest BCUT2D eigenvalue weighted by atomic mass is 10.1. The minimum absolute atomic E-state index is 0. The third-order valence-corrected chi connectivity index (χ3v) is 5.61. The summed E-state index contributed by atoms with van der Waals surface area (Å²) in [5, 5.41) is 4.43. The maximum atomic E-state index is 12.2. The molecule has 3 N–H and O–H groups in total. The molecule has 1 aliphatic rings. The van der Waals surface area contributed by atoms with Crippen molar-refractivity contribution >= 4 is 58.0 Å². The monoisotopic (exact) mass is 421 g/mol. The first-order valence-corrected chi connectivity index (χ1v) is 9.18. The maximum Gasteiger partial charge on any atom is 0.255 e. The van der Waals surface area contributed by atoms with E-state index in [4.69, 9.17) is 33.7 Å². The SMILES string of the molecule is Cl.NC[C@H]1CC[C@@H](C(=O)Nc2ncc(Cc3cccc(Cl)c3Cl)s2)O1. The Morgan fingerprint density at radius 2 is 2.20 bits per heavy atom. The number of benzene rings is 1. The van der Waals surface area contributed by atoms with Gasteiger partial charge < -0.3 is 10.5 Å². The lowest BCUT2D eigenvalue weighted by Crippen LogP contribution is -2.29. The zero-order valence-corrected chi connectivity index (χ0v) is 16.4. The molecule has 0 aliphatic carbocycles. The van der Waals surface area contributed by atoms with Crippen LogP contribution in [0.3, 0.4) is 0 Å². The average Bonchev–Trinajstić information content (AvgIpc) is 3.21. The van der Waals surface area contributed by atoms with Gasteiger partial charge in [-0.05, 0) is 24.5 Å². The molecule has 1 saturated heterocycles. The molecule has 0 saturated carbocycles. The second-order valence-electron chi connectivity index (χ2n) is 5.57. The number of amides is 1. The molecule has 1 aromatic carbocycles. The van der Waals surface area contributed by atoms with E-state index in [1.54, 1.807) is 12.3 Å². The smallest absolute Gasteiger partial charge is 0.255 e. The molecule has 1 fully saturated rings. The molecule has 5 nitrogen and oxygen atoms in total. The Kier molecular flexibility index (Phi) is 7.49. The summed E-state index contributed by atoms with van der Waals surface area (Å²) in [5.41, 5.74) is 6.49. The molecule has 3 rings (SSSR count). The lowest BCUT2D eigenvalue weighted by Gasteiger charge is -2.11. The van der Waals surface area contributed by atoms with Crippen LogP contribution in [0.25, 0.3) is 0 Å². The lowest BCUT2D eigenvalue weighted by molar-refractivity contribution is -0.126. The van der Waals surface area contributed by atoms with E-state index >= 15 is 0 Å². The summed E-state index contributed by atoms with van der Waals surface area (Å²) in [5.74, 6) is -0.173. The van der Waals surface area contributed by atoms with Crippen LogP contribution in [0.15, 0.2) is 24.4 Å². The van der Waals surface area contributed by atoms with E-state index in [0.717, 1.165) is 16.9 Å². The fourth-order valence-corrected chi connectivity index (χ4v) is 3.80. The van der Waals surface area contributed by atoms with Crippen LogP contribution in [0.1, 0.15) is 23.3 Å². The maximum absolute atomic E-state index is 12.2. The van der Waals surface area contributed by atoms with Gasteiger partial charge in [-0.3, -0.25) is 10.1 Å². The molecule has 0 unspecified atom stereocenters. The number of hydrogen-bond donors (Lipinski definition) is 2. The fraction of sp³-hybridized carbons (Fsp3) is 0.375. The van der Waals surface area contributed by atoms with Gasteiger partial charge >= 0.3 is 0 Å². The Balaban J connectivity index is 0.00000225. The Bertz CT molecular complexity index is 741. The van der Waals surface area contributed by atoms with Crippen molar-refractivity contribution in [3.05, 3.63) is 44.9 Å². The minimum Gasteiger partial charge on any atom is -0.364 e. The van der Waals surface area contributed by atoms with Crippen molar-refractivity contribution in [3.63, 3.8) is 0 Å². The fourth-order valence-electron chi connectivity index (χ4n) is 2.58. The number of thiazole rings is 1. The van der Waals surface area contributed by atoms with Crippen molar-refractivity contribution in [3.8, 4) is 0 Å². The Morgan fingerprint density at radius 1 is 1.40 bits per heavy atom. The van der Waals surface area contributed by atoms with Crippen molar-refractivity contribution in [2.24, 2.45) is 5.73 Å². The van der Waals surface area contributed by atoms with Crippen LogP contribution in [0.2, 0.25) is 10.0 Å². The average molecular weight is 423 g/mol. The molecule has 0 spiro atoms. The molecular formula is C16H18Cl3N3O2S. The number of halogens is 3. The first-order chi connectivity index (χ1) is 11.6. The van der Waals surface area contributed by atoms with E-state index in [9.17, 15) is 4.79 Å². The summed E-state index contributed by atoms with van der Waals surface area (Å²) in [6, 6.07) is 5.53. The highest BCUT2D eigenvalue weighted by Gasteiger charge is 2.30. The van der Waals surface area contributed by atoms with E-state index in [1.807, 2.05) is 12.1 Å². The predicted octanol–water partition coefficient (Wildman–Crippen LogP) is 3.91. The van der Waals surface area contributed by atoms with E-state index in [2.05, 4.69) is 10.3 Å². The Morgan fingerprint density at radius 3 is 2.92 bits per heavy atom. The third kappa shape index (κ3) is 5.06. The molecule has 0 radical (unpaired) electrons. The van der Waals surface area contributed by atoms with Gasteiger partial charge in [-0.2, -0.15) is 0 Å². The topological polar surface area (TPSA) is 77.2 Å². The van der Waals surface area contributed by atoms with E-state index in [0.29, 0.717) is 34.6 Å². The molecule has 1 aromatic heterocycles. The summed E-state index contributed by atoms with van der Waals surface area (Å²) >= 11 is 13.6. The highest BCUT2D eigenvalue weighted by atomic mass is 35.5. The van der Waals surface area contributed by atoms with Gasteiger partial charge in [-0.1, -0.05) is 35.3 Å². The number of nitrogens with one attached hydrogen (secondary N) is 1. The zero-order valence-electron chi connectivity index (χ0n) is 13.2. The number of rotatable bonds is 5. The van der Waals surface area contributed by atoms with Gasteiger partial charge in [0.25, 0.3) is 5.91 Å². The number of nitrogens with two attached hydrogens (primary N) is 1. The molecule has 2 heterocycles. The van der Waals surface area contributed by atoms with Crippen molar-refractivity contribution in [1.29, 1.82) is 0 Å². The zero-order chi connectivity index (χ0) is 17.1. The van der Waals surface area contributed by atoms with Crippen molar-refractivity contribution in [2.45, 2.75) is 31.5 Å². The van der Waals surface area contributed by atoms with Crippen molar-refractivity contribution in [2.75, 3.05) is 11.9 Å². The second-order valence-corrected chi connectivity index (χ2v) is 7.47. The minimum atomic E-state index is -0.451. The number of ether oxygens (including phenoxy) is 1. The molecule has 1 amide bonds. The van der Waals surface area contributed by atoms with Crippen LogP contribution in [0, 0.1) is 0 Å². The van der Waals surface area contributed by atoms with Gasteiger partial charge in [0.05, 0.1) is 16.1 Å². The highest BCUT2D eigenvalue weighted by molar-refractivity contribution is 7.15. The van der Waals surface area contributed by atoms with Crippen molar-refractivity contribution < 1.29 is 9.53 Å². The van der Waals surface area contributed by atoms with Gasteiger partial charge in [0.1, 0.15) is 6.10 Å². The molecule has 9 heteroatoms. The number of carbonyl (C=O) groups is 1. The number of aromatic nitrogens is 1. The van der Waals surface area contributed by atoms with Gasteiger partial charge in [-0.25, -0.2) is 4.98 Å². The van der Waals surface area contributed by atoms with Crippen LogP contribution in [0.4, 0.5) is 5.13 Å². The van der Waals surface area contributed by atoms with E-state index in [1.165, 1.54) is 11.3 Å². The Hall–Kier alpha value is -0.890. The summed E-state index contributed by atoms with van der Waals surface area (Å²) in [4.78, 5) is 17.4. The first kappa shape index (κ1) is 20.4. The van der Waals surface area contributed by atoms with Crippen LogP contribution < -0.4 is 11.1 Å². The van der Waals surface area contributed by atoms with Crippen LogP contribution in [-0.2, 0) is 16.0 Å². The predicted molar refractivity (Wildman–Crippen MR) is 104 cm³/mol. The first-order valence-electron chi connectivity index (χ1n) is 7.61. The Labute approximate surface area is 166 Å². The molecule has 25 heavy (non-hydrogen) atoms.